The minimum absolute atomic E-state index is 0.187. The Balaban J connectivity index is 1.58. The van der Waals surface area contributed by atoms with Gasteiger partial charge in [0.2, 0.25) is 11.0 Å². The minimum Gasteiger partial charge on any atom is -0.497 e. The fraction of sp³-hybridized carbons (Fsp3) is 0.200. The number of para-hydroxylation sites is 1. The van der Waals surface area contributed by atoms with E-state index in [1.54, 1.807) is 6.07 Å². The van der Waals surface area contributed by atoms with E-state index in [0.29, 0.717) is 15.8 Å². The molecule has 0 bridgehead atoms. The number of rotatable bonds is 8. The first-order chi connectivity index (χ1) is 15.7. The van der Waals surface area contributed by atoms with Gasteiger partial charge in [0.15, 0.2) is 4.34 Å². The molecule has 2 aromatic carbocycles. The fourth-order valence-corrected chi connectivity index (χ4v) is 4.13. The third kappa shape index (κ3) is 6.58. The van der Waals surface area contributed by atoms with Crippen molar-refractivity contribution in [1.82, 2.24) is 10.2 Å². The van der Waals surface area contributed by atoms with E-state index in [1.165, 1.54) is 44.6 Å². The van der Waals surface area contributed by atoms with Crippen LogP contribution in [0.1, 0.15) is 15.9 Å². The Hall–Kier alpha value is -3.32. The van der Waals surface area contributed by atoms with Crippen LogP contribution in [0.25, 0.3) is 0 Å². The molecule has 174 valence electrons. The van der Waals surface area contributed by atoms with Gasteiger partial charge in [-0.25, -0.2) is 0 Å². The van der Waals surface area contributed by atoms with Gasteiger partial charge < -0.3 is 14.8 Å². The van der Waals surface area contributed by atoms with Gasteiger partial charge >= 0.3 is 6.18 Å². The van der Waals surface area contributed by atoms with Crippen molar-refractivity contribution in [2.45, 2.75) is 10.5 Å². The summed E-state index contributed by atoms with van der Waals surface area (Å²) in [5.74, 6) is -0.429. The molecule has 13 heteroatoms. The minimum atomic E-state index is -4.59. The Bertz CT molecular complexity index is 1130. The molecule has 3 aromatic rings. The first-order valence-corrected chi connectivity index (χ1v) is 11.0. The molecule has 2 amide bonds. The normalized spacial score (nSPS) is 11.1. The van der Waals surface area contributed by atoms with Crippen LogP contribution in [0, 0.1) is 0 Å². The van der Waals surface area contributed by atoms with Gasteiger partial charge in [-0.1, -0.05) is 35.2 Å². The molecule has 0 aliphatic heterocycles. The molecule has 0 spiro atoms. The smallest absolute Gasteiger partial charge is 0.418 e. The average molecular weight is 499 g/mol. The van der Waals surface area contributed by atoms with Crippen LogP contribution in [0.2, 0.25) is 0 Å². The van der Waals surface area contributed by atoms with Gasteiger partial charge in [0.05, 0.1) is 31.2 Å². The molecule has 0 fully saturated rings. The van der Waals surface area contributed by atoms with Crippen LogP contribution in [0.15, 0.2) is 46.8 Å². The molecule has 3 rings (SSSR count). The van der Waals surface area contributed by atoms with Crippen LogP contribution in [0.4, 0.5) is 24.0 Å². The molecule has 0 unspecified atom stereocenters. The highest BCUT2D eigenvalue weighted by atomic mass is 32.2. The van der Waals surface area contributed by atoms with Crippen molar-refractivity contribution in [1.29, 1.82) is 0 Å². The van der Waals surface area contributed by atoms with Gasteiger partial charge in [0, 0.05) is 11.6 Å². The second-order valence-electron chi connectivity index (χ2n) is 6.31. The molecule has 0 saturated carbocycles. The maximum Gasteiger partial charge on any atom is 0.418 e. The zero-order valence-electron chi connectivity index (χ0n) is 17.2. The standard InChI is InChI=1S/C20H17F3N4O4S2/c1-30-12-7-11(8-13(9-12)31-2)17(29)25-18-26-27-19(33-18)32-10-16(28)24-15-6-4-3-5-14(15)20(21,22)23/h3-9H,10H2,1-2H3,(H,24,28)(H,25,26,29). The number of benzene rings is 2. The Morgan fingerprint density at radius 2 is 1.70 bits per heavy atom. The number of hydrogen-bond acceptors (Lipinski definition) is 8. The molecular formula is C20H17F3N4O4S2. The topological polar surface area (TPSA) is 102 Å². The lowest BCUT2D eigenvalue weighted by atomic mass is 10.1. The van der Waals surface area contributed by atoms with E-state index in [9.17, 15) is 22.8 Å². The van der Waals surface area contributed by atoms with Crippen molar-refractivity contribution in [3.8, 4) is 11.5 Å². The Morgan fingerprint density at radius 1 is 1.03 bits per heavy atom. The van der Waals surface area contributed by atoms with Crippen molar-refractivity contribution < 1.29 is 32.2 Å². The predicted octanol–water partition coefficient (Wildman–Crippen LogP) is 4.56. The number of ether oxygens (including phenoxy) is 2. The van der Waals surface area contributed by atoms with E-state index < -0.39 is 23.6 Å². The number of methoxy groups -OCH3 is 2. The summed E-state index contributed by atoms with van der Waals surface area (Å²) >= 11 is 2.00. The van der Waals surface area contributed by atoms with Gasteiger partial charge in [0.25, 0.3) is 5.91 Å². The largest absolute Gasteiger partial charge is 0.497 e. The van der Waals surface area contributed by atoms with Crippen molar-refractivity contribution in [3.05, 3.63) is 53.6 Å². The number of halogens is 3. The highest BCUT2D eigenvalue weighted by molar-refractivity contribution is 8.01. The summed E-state index contributed by atoms with van der Waals surface area (Å²) in [5.41, 5.74) is -0.980. The molecule has 0 atom stereocenters. The van der Waals surface area contributed by atoms with E-state index in [2.05, 4.69) is 20.8 Å². The Morgan fingerprint density at radius 3 is 2.33 bits per heavy atom. The zero-order valence-corrected chi connectivity index (χ0v) is 18.9. The van der Waals surface area contributed by atoms with E-state index in [-0.39, 0.29) is 22.1 Å². The first kappa shape index (κ1) is 24.3. The molecule has 8 nitrogen and oxygen atoms in total. The van der Waals surface area contributed by atoms with Crippen molar-refractivity contribution in [2.75, 3.05) is 30.6 Å². The molecule has 0 aliphatic rings. The Labute approximate surface area is 194 Å². The lowest BCUT2D eigenvalue weighted by Crippen LogP contribution is -2.18. The predicted molar refractivity (Wildman–Crippen MR) is 118 cm³/mol. The number of anilines is 2. The molecule has 0 saturated heterocycles. The number of hydrogen-bond donors (Lipinski definition) is 2. The lowest BCUT2D eigenvalue weighted by Gasteiger charge is -2.13. The third-order valence-corrected chi connectivity index (χ3v) is 6.05. The summed E-state index contributed by atoms with van der Waals surface area (Å²) in [4.78, 5) is 24.6. The van der Waals surface area contributed by atoms with Crippen LogP contribution in [-0.4, -0.2) is 42.0 Å². The summed E-state index contributed by atoms with van der Waals surface area (Å²) < 4.78 is 49.8. The number of amides is 2. The maximum absolute atomic E-state index is 13.0. The van der Waals surface area contributed by atoms with Crippen LogP contribution in [0.5, 0.6) is 11.5 Å². The van der Waals surface area contributed by atoms with Crippen LogP contribution in [-0.2, 0) is 11.0 Å². The number of alkyl halides is 3. The summed E-state index contributed by atoms with van der Waals surface area (Å²) in [6.07, 6.45) is -4.59. The number of carbonyl (C=O) groups is 2. The molecule has 2 N–H and O–H groups in total. The second kappa shape index (κ2) is 10.5. The molecule has 0 radical (unpaired) electrons. The quantitative estimate of drug-likeness (QED) is 0.347. The van der Waals surface area contributed by atoms with Crippen LogP contribution >= 0.6 is 23.1 Å². The summed E-state index contributed by atoms with van der Waals surface area (Å²) in [7, 11) is 2.92. The van der Waals surface area contributed by atoms with Gasteiger partial charge in [-0.05, 0) is 24.3 Å². The van der Waals surface area contributed by atoms with Gasteiger partial charge in [-0.2, -0.15) is 13.2 Å². The number of nitrogens with zero attached hydrogens (tertiary/aromatic N) is 2. The summed E-state index contributed by atoms with van der Waals surface area (Å²) in [5, 5.41) is 12.8. The van der Waals surface area contributed by atoms with Crippen molar-refractivity contribution in [2.24, 2.45) is 0 Å². The molecule has 1 heterocycles. The molecule has 1 aromatic heterocycles. The highest BCUT2D eigenvalue weighted by Gasteiger charge is 2.33. The average Bonchev–Trinajstić information content (AvgIpc) is 3.24. The number of carbonyl (C=O) groups excluding carboxylic acids is 2. The molecule has 0 aliphatic carbocycles. The van der Waals surface area contributed by atoms with Gasteiger partial charge in [0.1, 0.15) is 11.5 Å². The summed E-state index contributed by atoms with van der Waals surface area (Å²) in [6, 6.07) is 9.38. The number of nitrogens with one attached hydrogen (secondary N) is 2. The van der Waals surface area contributed by atoms with Crippen molar-refractivity contribution >= 4 is 45.7 Å². The van der Waals surface area contributed by atoms with Gasteiger partial charge in [-0.15, -0.1) is 10.2 Å². The van der Waals surface area contributed by atoms with E-state index in [4.69, 9.17) is 9.47 Å². The highest BCUT2D eigenvalue weighted by Crippen LogP contribution is 2.35. The van der Waals surface area contributed by atoms with E-state index in [0.717, 1.165) is 29.2 Å². The SMILES string of the molecule is COc1cc(OC)cc(C(=O)Nc2nnc(SCC(=O)Nc3ccccc3C(F)(F)F)s2)c1. The monoisotopic (exact) mass is 498 g/mol. The molecule has 33 heavy (non-hydrogen) atoms. The fourth-order valence-electron chi connectivity index (χ4n) is 2.58. The first-order valence-electron chi connectivity index (χ1n) is 9.16. The van der Waals surface area contributed by atoms with Crippen LogP contribution in [0.3, 0.4) is 0 Å². The third-order valence-electron chi connectivity index (χ3n) is 4.07. The summed E-state index contributed by atoms with van der Waals surface area (Å²) in [6.45, 7) is 0. The van der Waals surface area contributed by atoms with Crippen molar-refractivity contribution in [3.63, 3.8) is 0 Å². The zero-order chi connectivity index (χ0) is 24.0. The van der Waals surface area contributed by atoms with Crippen LogP contribution < -0.4 is 20.1 Å². The number of aromatic nitrogens is 2. The van der Waals surface area contributed by atoms with E-state index in [1.807, 2.05) is 0 Å². The Kier molecular flexibility index (Phi) is 7.76. The van der Waals surface area contributed by atoms with Gasteiger partial charge in [-0.3, -0.25) is 14.9 Å². The van der Waals surface area contributed by atoms with E-state index >= 15 is 0 Å². The maximum atomic E-state index is 13.0. The molecular weight excluding hydrogens is 481 g/mol. The second-order valence-corrected chi connectivity index (χ2v) is 8.51. The lowest BCUT2D eigenvalue weighted by molar-refractivity contribution is -0.137. The number of thioether (sulfide) groups is 1.